The molecule has 0 aliphatic rings. The Kier molecular flexibility index (Phi) is 4.76. The summed E-state index contributed by atoms with van der Waals surface area (Å²) in [7, 11) is -3.85. The number of hydrogen-bond donors (Lipinski definition) is 1. The number of anilines is 1. The minimum atomic E-state index is -3.85. The summed E-state index contributed by atoms with van der Waals surface area (Å²) in [5.74, 6) is 0.619. The van der Waals surface area contributed by atoms with Gasteiger partial charge < -0.3 is 4.42 Å². The monoisotopic (exact) mass is 451 g/mol. The first-order chi connectivity index (χ1) is 15.0. The Morgan fingerprint density at radius 3 is 2.48 bits per heavy atom. The minimum Gasteiger partial charge on any atom is -0.436 e. The van der Waals surface area contributed by atoms with Gasteiger partial charge in [0.25, 0.3) is 10.0 Å². The molecule has 9 heteroatoms. The number of sulfonamides is 1. The summed E-state index contributed by atoms with van der Waals surface area (Å²) in [6.07, 6.45) is 1.63. The summed E-state index contributed by atoms with van der Waals surface area (Å²) in [6.45, 7) is 0. The number of nitrogens with one attached hydrogen (secondary N) is 1. The number of aromatic nitrogens is 2. The van der Waals surface area contributed by atoms with Crippen LogP contribution in [-0.2, 0) is 10.0 Å². The average molecular weight is 452 g/mol. The van der Waals surface area contributed by atoms with Gasteiger partial charge in [-0.15, -0.1) is 0 Å². The quantitative estimate of drug-likeness (QED) is 0.378. The molecule has 0 saturated heterocycles. The van der Waals surface area contributed by atoms with E-state index in [0.717, 1.165) is 16.9 Å². The fourth-order valence-corrected chi connectivity index (χ4v) is 5.16. The number of fused-ring (bicyclic) bond motifs is 1. The van der Waals surface area contributed by atoms with Gasteiger partial charge in [0.15, 0.2) is 10.9 Å². The molecule has 0 aliphatic carbocycles. The number of nitrogens with zero attached hydrogens (tertiary/aromatic N) is 2. The SMILES string of the molecule is O=S(=O)(Nc1nc2ccc(F)cc2s1)c1ccc(-c2ncc(-c3ccccc3)o2)cc1. The second kappa shape index (κ2) is 7.60. The number of halogens is 1. The van der Waals surface area contributed by atoms with Crippen LogP contribution in [0.15, 0.2) is 88.3 Å². The smallest absolute Gasteiger partial charge is 0.263 e. The van der Waals surface area contributed by atoms with Crippen LogP contribution in [0.4, 0.5) is 9.52 Å². The van der Waals surface area contributed by atoms with Crippen LogP contribution in [0.2, 0.25) is 0 Å². The Morgan fingerprint density at radius 1 is 0.935 bits per heavy atom. The van der Waals surface area contributed by atoms with Crippen LogP contribution in [0.1, 0.15) is 0 Å². The lowest BCUT2D eigenvalue weighted by Gasteiger charge is -2.05. The Bertz CT molecular complexity index is 1480. The van der Waals surface area contributed by atoms with Crippen molar-refractivity contribution in [1.82, 2.24) is 9.97 Å². The molecule has 0 amide bonds. The molecule has 31 heavy (non-hydrogen) atoms. The summed E-state index contributed by atoms with van der Waals surface area (Å²) >= 11 is 1.07. The molecule has 0 aliphatic heterocycles. The van der Waals surface area contributed by atoms with Crippen molar-refractivity contribution in [3.63, 3.8) is 0 Å². The Morgan fingerprint density at radius 2 is 1.71 bits per heavy atom. The molecule has 0 bridgehead atoms. The highest BCUT2D eigenvalue weighted by Crippen LogP contribution is 2.30. The lowest BCUT2D eigenvalue weighted by atomic mass is 10.2. The number of oxazole rings is 1. The standard InChI is InChI=1S/C22H14FN3O3S2/c23-16-8-11-18-20(12-16)30-22(25-18)26-31(27,28)17-9-6-15(7-10-17)21-24-13-19(29-21)14-4-2-1-3-5-14/h1-13H,(H,25,26). The zero-order chi connectivity index (χ0) is 21.4. The second-order valence-corrected chi connectivity index (χ2v) is 9.37. The molecule has 0 radical (unpaired) electrons. The Hall–Kier alpha value is -3.56. The maximum Gasteiger partial charge on any atom is 0.263 e. The number of hydrogen-bond acceptors (Lipinski definition) is 6. The molecule has 5 aromatic rings. The molecule has 154 valence electrons. The molecule has 0 fully saturated rings. The summed E-state index contributed by atoms with van der Waals surface area (Å²) in [5, 5.41) is 0.171. The van der Waals surface area contributed by atoms with E-state index in [1.165, 1.54) is 30.3 Å². The first-order valence-electron chi connectivity index (χ1n) is 9.18. The van der Waals surface area contributed by atoms with Crippen molar-refractivity contribution in [2.24, 2.45) is 0 Å². The van der Waals surface area contributed by atoms with E-state index in [1.807, 2.05) is 30.3 Å². The van der Waals surface area contributed by atoms with Crippen LogP contribution >= 0.6 is 11.3 Å². The summed E-state index contributed by atoms with van der Waals surface area (Å²) in [6, 6.07) is 19.9. The molecular formula is C22H14FN3O3S2. The third-order valence-corrected chi connectivity index (χ3v) is 6.97. The largest absolute Gasteiger partial charge is 0.436 e. The zero-order valence-corrected chi connectivity index (χ0v) is 17.5. The highest BCUT2D eigenvalue weighted by Gasteiger charge is 2.18. The molecule has 0 saturated carbocycles. The fraction of sp³-hybridized carbons (Fsp3) is 0. The molecule has 2 aromatic heterocycles. The van der Waals surface area contributed by atoms with Crippen LogP contribution in [0, 0.1) is 5.82 Å². The van der Waals surface area contributed by atoms with Crippen molar-refractivity contribution in [3.8, 4) is 22.8 Å². The van der Waals surface area contributed by atoms with E-state index >= 15 is 0 Å². The zero-order valence-electron chi connectivity index (χ0n) is 15.8. The van der Waals surface area contributed by atoms with E-state index in [-0.39, 0.29) is 10.0 Å². The van der Waals surface area contributed by atoms with Crippen molar-refractivity contribution < 1.29 is 17.2 Å². The van der Waals surface area contributed by atoms with Gasteiger partial charge in [0.1, 0.15) is 5.82 Å². The molecule has 0 unspecified atom stereocenters. The Labute approximate surface area is 181 Å². The van der Waals surface area contributed by atoms with Crippen LogP contribution in [0.5, 0.6) is 0 Å². The van der Waals surface area contributed by atoms with Crippen molar-refractivity contribution >= 4 is 36.7 Å². The van der Waals surface area contributed by atoms with E-state index in [9.17, 15) is 12.8 Å². The summed E-state index contributed by atoms with van der Waals surface area (Å²) in [5.41, 5.74) is 2.08. The second-order valence-electron chi connectivity index (χ2n) is 6.66. The third kappa shape index (κ3) is 3.92. The molecule has 2 heterocycles. The molecule has 3 aromatic carbocycles. The van der Waals surface area contributed by atoms with Gasteiger partial charge in [0, 0.05) is 11.1 Å². The fourth-order valence-electron chi connectivity index (χ4n) is 3.04. The van der Waals surface area contributed by atoms with Crippen LogP contribution in [0.3, 0.4) is 0 Å². The van der Waals surface area contributed by atoms with Gasteiger partial charge in [-0.1, -0.05) is 41.7 Å². The van der Waals surface area contributed by atoms with Crippen LogP contribution in [-0.4, -0.2) is 18.4 Å². The predicted octanol–water partition coefficient (Wildman–Crippen LogP) is 5.56. The highest BCUT2D eigenvalue weighted by molar-refractivity contribution is 7.93. The molecule has 0 spiro atoms. The van der Waals surface area contributed by atoms with Gasteiger partial charge in [-0.05, 0) is 42.5 Å². The van der Waals surface area contributed by atoms with E-state index in [2.05, 4.69) is 14.7 Å². The third-order valence-electron chi connectivity index (χ3n) is 4.55. The van der Waals surface area contributed by atoms with Gasteiger partial charge in [-0.25, -0.2) is 22.8 Å². The topological polar surface area (TPSA) is 85.1 Å². The first kappa shape index (κ1) is 19.4. The summed E-state index contributed by atoms with van der Waals surface area (Å²) in [4.78, 5) is 8.55. The van der Waals surface area contributed by atoms with Crippen molar-refractivity contribution in [2.75, 3.05) is 4.72 Å². The van der Waals surface area contributed by atoms with E-state index < -0.39 is 15.8 Å². The maximum absolute atomic E-state index is 13.4. The number of rotatable bonds is 5. The van der Waals surface area contributed by atoms with Crippen molar-refractivity contribution in [1.29, 1.82) is 0 Å². The predicted molar refractivity (Wildman–Crippen MR) is 118 cm³/mol. The van der Waals surface area contributed by atoms with Crippen LogP contribution < -0.4 is 4.72 Å². The average Bonchev–Trinajstić information content (AvgIpc) is 3.41. The summed E-state index contributed by atoms with van der Waals surface area (Å²) < 4.78 is 47.6. The van der Waals surface area contributed by atoms with E-state index in [4.69, 9.17) is 4.42 Å². The van der Waals surface area contributed by atoms with Gasteiger partial charge in [0.2, 0.25) is 5.89 Å². The highest BCUT2D eigenvalue weighted by atomic mass is 32.2. The minimum absolute atomic E-state index is 0.0662. The molecule has 0 atom stereocenters. The normalized spacial score (nSPS) is 11.6. The lowest BCUT2D eigenvalue weighted by molar-refractivity contribution is 0.588. The molecule has 5 rings (SSSR count). The maximum atomic E-state index is 13.4. The molecule has 1 N–H and O–H groups in total. The first-order valence-corrected chi connectivity index (χ1v) is 11.5. The van der Waals surface area contributed by atoms with E-state index in [0.29, 0.717) is 27.4 Å². The number of benzene rings is 3. The van der Waals surface area contributed by atoms with E-state index in [1.54, 1.807) is 18.3 Å². The molecular weight excluding hydrogens is 437 g/mol. The van der Waals surface area contributed by atoms with Crippen molar-refractivity contribution in [3.05, 3.63) is 84.8 Å². The van der Waals surface area contributed by atoms with Gasteiger partial charge in [-0.3, -0.25) is 4.72 Å². The van der Waals surface area contributed by atoms with Gasteiger partial charge in [-0.2, -0.15) is 0 Å². The van der Waals surface area contributed by atoms with Gasteiger partial charge >= 0.3 is 0 Å². The van der Waals surface area contributed by atoms with Crippen molar-refractivity contribution in [2.45, 2.75) is 4.90 Å². The lowest BCUT2D eigenvalue weighted by Crippen LogP contribution is -2.12. The number of thiazole rings is 1. The Balaban J connectivity index is 1.38. The molecule has 6 nitrogen and oxygen atoms in total. The van der Waals surface area contributed by atoms with Gasteiger partial charge in [0.05, 0.1) is 21.3 Å². The van der Waals surface area contributed by atoms with Crippen LogP contribution in [0.25, 0.3) is 33.0 Å².